The summed E-state index contributed by atoms with van der Waals surface area (Å²) in [5, 5.41) is 3.40. The average Bonchev–Trinajstić information content (AvgIpc) is 2.24. The third kappa shape index (κ3) is 1.71. The first kappa shape index (κ1) is 11.5. The molecule has 0 radical (unpaired) electrons. The highest BCUT2D eigenvalue weighted by Gasteiger charge is 2.28. The Kier molecular flexibility index (Phi) is 2.94. The van der Waals surface area contributed by atoms with E-state index < -0.39 is 0 Å². The van der Waals surface area contributed by atoms with E-state index in [1.165, 1.54) is 22.3 Å². The highest BCUT2D eigenvalue weighted by molar-refractivity contribution is 5.52. The van der Waals surface area contributed by atoms with E-state index in [0.717, 1.165) is 12.2 Å². The maximum Gasteiger partial charge on any atom is 0.127 e. The van der Waals surface area contributed by atoms with Crippen LogP contribution in [0.3, 0.4) is 0 Å². The molecule has 1 aromatic carbocycles. The van der Waals surface area contributed by atoms with Crippen LogP contribution >= 0.6 is 0 Å². The van der Waals surface area contributed by atoms with Crippen LogP contribution in [0.15, 0.2) is 6.07 Å². The fourth-order valence-corrected chi connectivity index (χ4v) is 2.62. The van der Waals surface area contributed by atoms with Crippen molar-refractivity contribution in [3.8, 4) is 5.75 Å². The van der Waals surface area contributed by atoms with E-state index in [4.69, 9.17) is 4.74 Å². The third-order valence-electron chi connectivity index (χ3n) is 3.62. The molecule has 2 nitrogen and oxygen atoms in total. The molecule has 2 rings (SSSR count). The van der Waals surface area contributed by atoms with Crippen molar-refractivity contribution in [2.75, 3.05) is 7.05 Å². The van der Waals surface area contributed by atoms with E-state index in [1.54, 1.807) is 0 Å². The molecule has 1 aliphatic heterocycles. The van der Waals surface area contributed by atoms with Gasteiger partial charge in [-0.25, -0.2) is 0 Å². The lowest BCUT2D eigenvalue weighted by Gasteiger charge is -2.33. The Labute approximate surface area is 98.0 Å². The summed E-state index contributed by atoms with van der Waals surface area (Å²) >= 11 is 0. The zero-order valence-electron chi connectivity index (χ0n) is 10.8. The lowest BCUT2D eigenvalue weighted by Crippen LogP contribution is -2.30. The highest BCUT2D eigenvalue weighted by Crippen LogP contribution is 2.40. The molecular formula is C14H21NO. The van der Waals surface area contributed by atoms with E-state index >= 15 is 0 Å². The zero-order chi connectivity index (χ0) is 11.9. The first-order valence-electron chi connectivity index (χ1n) is 5.99. The SMILES string of the molecule is CNC1CC(C)Oc2c(C)c(C)cc(C)c21. The van der Waals surface area contributed by atoms with E-state index in [1.807, 2.05) is 7.05 Å². The molecule has 0 amide bonds. The summed E-state index contributed by atoms with van der Waals surface area (Å²) in [6.07, 6.45) is 1.34. The summed E-state index contributed by atoms with van der Waals surface area (Å²) < 4.78 is 6.02. The van der Waals surface area contributed by atoms with Crippen molar-refractivity contribution in [1.82, 2.24) is 5.32 Å². The number of aryl methyl sites for hydroxylation is 2. The smallest absolute Gasteiger partial charge is 0.127 e. The standard InChI is InChI=1S/C14H21NO/c1-8-6-9(2)13-12(15-5)7-10(3)16-14(13)11(8)4/h6,10,12,15H,7H2,1-5H3. The summed E-state index contributed by atoms with van der Waals surface area (Å²) in [5.41, 5.74) is 5.29. The van der Waals surface area contributed by atoms with Crippen LogP contribution in [-0.2, 0) is 0 Å². The second-order valence-corrected chi connectivity index (χ2v) is 4.88. The molecule has 88 valence electrons. The van der Waals surface area contributed by atoms with Crippen LogP contribution in [-0.4, -0.2) is 13.2 Å². The van der Waals surface area contributed by atoms with Crippen LogP contribution in [0.5, 0.6) is 5.75 Å². The Balaban J connectivity index is 2.61. The van der Waals surface area contributed by atoms with Crippen LogP contribution in [0.2, 0.25) is 0 Å². The number of ether oxygens (including phenoxy) is 1. The van der Waals surface area contributed by atoms with Crippen molar-refractivity contribution in [1.29, 1.82) is 0 Å². The quantitative estimate of drug-likeness (QED) is 0.784. The normalized spacial score (nSPS) is 23.8. The van der Waals surface area contributed by atoms with Crippen LogP contribution < -0.4 is 10.1 Å². The first-order chi connectivity index (χ1) is 7.54. The second kappa shape index (κ2) is 4.10. The predicted octanol–water partition coefficient (Wildman–Crippen LogP) is 3.04. The molecule has 1 aliphatic rings. The van der Waals surface area contributed by atoms with Gasteiger partial charge in [0, 0.05) is 18.0 Å². The second-order valence-electron chi connectivity index (χ2n) is 4.88. The Hall–Kier alpha value is -1.02. The van der Waals surface area contributed by atoms with Gasteiger partial charge in [-0.2, -0.15) is 0 Å². The van der Waals surface area contributed by atoms with Gasteiger partial charge in [-0.05, 0) is 51.4 Å². The minimum absolute atomic E-state index is 0.296. The van der Waals surface area contributed by atoms with Gasteiger partial charge in [-0.15, -0.1) is 0 Å². The monoisotopic (exact) mass is 219 g/mol. The fraction of sp³-hybridized carbons (Fsp3) is 0.571. The van der Waals surface area contributed by atoms with Crippen molar-refractivity contribution in [2.24, 2.45) is 0 Å². The van der Waals surface area contributed by atoms with Gasteiger partial charge in [0.1, 0.15) is 5.75 Å². The number of nitrogens with one attached hydrogen (secondary N) is 1. The van der Waals surface area contributed by atoms with E-state index in [9.17, 15) is 0 Å². The summed E-state index contributed by atoms with van der Waals surface area (Å²) in [6, 6.07) is 2.69. The van der Waals surface area contributed by atoms with Crippen molar-refractivity contribution >= 4 is 0 Å². The van der Waals surface area contributed by atoms with Gasteiger partial charge in [0.2, 0.25) is 0 Å². The summed E-state index contributed by atoms with van der Waals surface area (Å²) in [6.45, 7) is 8.62. The lowest BCUT2D eigenvalue weighted by atomic mass is 9.89. The number of fused-ring (bicyclic) bond motifs is 1. The molecule has 0 aromatic heterocycles. The molecular weight excluding hydrogens is 198 g/mol. The summed E-state index contributed by atoms with van der Waals surface area (Å²) in [5.74, 6) is 1.11. The Morgan fingerprint density at radius 2 is 1.94 bits per heavy atom. The molecule has 2 unspecified atom stereocenters. The molecule has 0 saturated heterocycles. The van der Waals surface area contributed by atoms with Crippen molar-refractivity contribution in [2.45, 2.75) is 46.3 Å². The van der Waals surface area contributed by atoms with Crippen molar-refractivity contribution in [3.63, 3.8) is 0 Å². The van der Waals surface area contributed by atoms with Crippen molar-refractivity contribution in [3.05, 3.63) is 28.3 Å². The third-order valence-corrected chi connectivity index (χ3v) is 3.62. The van der Waals surface area contributed by atoms with Gasteiger partial charge >= 0.3 is 0 Å². The Bertz CT molecular complexity index is 412. The van der Waals surface area contributed by atoms with E-state index in [2.05, 4.69) is 39.1 Å². The van der Waals surface area contributed by atoms with Gasteiger partial charge in [0.25, 0.3) is 0 Å². The van der Waals surface area contributed by atoms with E-state index in [0.29, 0.717) is 12.1 Å². The minimum atomic E-state index is 0.296. The lowest BCUT2D eigenvalue weighted by molar-refractivity contribution is 0.167. The van der Waals surface area contributed by atoms with Crippen LogP contribution in [0.25, 0.3) is 0 Å². The maximum atomic E-state index is 6.02. The molecule has 2 atom stereocenters. The van der Waals surface area contributed by atoms with Crippen LogP contribution in [0, 0.1) is 20.8 Å². The molecule has 16 heavy (non-hydrogen) atoms. The number of benzene rings is 1. The minimum Gasteiger partial charge on any atom is -0.490 e. The van der Waals surface area contributed by atoms with Crippen LogP contribution in [0.1, 0.15) is 41.6 Å². The fourth-order valence-electron chi connectivity index (χ4n) is 2.62. The molecule has 0 aliphatic carbocycles. The van der Waals surface area contributed by atoms with Crippen LogP contribution in [0.4, 0.5) is 0 Å². The number of rotatable bonds is 1. The number of hydrogen-bond acceptors (Lipinski definition) is 2. The Morgan fingerprint density at radius 3 is 2.56 bits per heavy atom. The van der Waals surface area contributed by atoms with Gasteiger partial charge in [0.15, 0.2) is 0 Å². The molecule has 0 spiro atoms. The molecule has 0 saturated carbocycles. The summed E-state index contributed by atoms with van der Waals surface area (Å²) in [7, 11) is 2.03. The Morgan fingerprint density at radius 1 is 1.25 bits per heavy atom. The van der Waals surface area contributed by atoms with Gasteiger partial charge in [0.05, 0.1) is 6.10 Å². The van der Waals surface area contributed by atoms with Gasteiger partial charge < -0.3 is 10.1 Å². The van der Waals surface area contributed by atoms with Gasteiger partial charge in [-0.3, -0.25) is 0 Å². The van der Waals surface area contributed by atoms with Crippen molar-refractivity contribution < 1.29 is 4.74 Å². The molecule has 0 fully saturated rings. The number of hydrogen-bond donors (Lipinski definition) is 1. The molecule has 1 aromatic rings. The highest BCUT2D eigenvalue weighted by atomic mass is 16.5. The molecule has 1 N–H and O–H groups in total. The van der Waals surface area contributed by atoms with Gasteiger partial charge in [-0.1, -0.05) is 6.07 Å². The first-order valence-corrected chi connectivity index (χ1v) is 5.99. The molecule has 0 bridgehead atoms. The topological polar surface area (TPSA) is 21.3 Å². The average molecular weight is 219 g/mol. The molecule has 2 heteroatoms. The summed E-state index contributed by atoms with van der Waals surface area (Å²) in [4.78, 5) is 0. The molecule has 1 heterocycles. The predicted molar refractivity (Wildman–Crippen MR) is 67.2 cm³/mol. The van der Waals surface area contributed by atoms with E-state index in [-0.39, 0.29) is 0 Å². The maximum absolute atomic E-state index is 6.02. The zero-order valence-corrected chi connectivity index (χ0v) is 10.8. The largest absolute Gasteiger partial charge is 0.490 e.